The first kappa shape index (κ1) is 16.6. The zero-order valence-electron chi connectivity index (χ0n) is 14.9. The number of anilines is 1. The Morgan fingerprint density at radius 2 is 1.79 bits per heavy atom. The second-order valence-electron chi connectivity index (χ2n) is 6.76. The molecule has 0 radical (unpaired) electrons. The summed E-state index contributed by atoms with van der Waals surface area (Å²) in [4.78, 5) is 14.8. The molecule has 0 aromatic heterocycles. The quantitative estimate of drug-likeness (QED) is 0.737. The first-order chi connectivity index (χ1) is 13.7. The van der Waals surface area contributed by atoms with Gasteiger partial charge < -0.3 is 19.7 Å². The predicted octanol–water partition coefficient (Wildman–Crippen LogP) is 4.32. The minimum Gasteiger partial charge on any atom is -0.454 e. The summed E-state index contributed by atoms with van der Waals surface area (Å²) < 4.78 is 24.1. The highest BCUT2D eigenvalue weighted by Crippen LogP contribution is 2.37. The normalized spacial score (nSPS) is 17.0. The van der Waals surface area contributed by atoms with Gasteiger partial charge >= 0.3 is 0 Å². The molecule has 0 spiro atoms. The van der Waals surface area contributed by atoms with Crippen molar-refractivity contribution in [3.63, 3.8) is 0 Å². The first-order valence-electron chi connectivity index (χ1n) is 8.99. The molecule has 5 rings (SSSR count). The Hall–Kier alpha value is -3.54. The highest BCUT2D eigenvalue weighted by molar-refractivity contribution is 5.99. The van der Waals surface area contributed by atoms with Gasteiger partial charge in [0.25, 0.3) is 5.91 Å². The maximum absolute atomic E-state index is 13.3. The fourth-order valence-corrected chi connectivity index (χ4v) is 3.63. The minimum absolute atomic E-state index is 0.0483. The molecular formula is C22H17FN2O3. The molecule has 28 heavy (non-hydrogen) atoms. The molecule has 140 valence electrons. The van der Waals surface area contributed by atoms with E-state index in [0.717, 1.165) is 16.8 Å². The summed E-state index contributed by atoms with van der Waals surface area (Å²) >= 11 is 0. The van der Waals surface area contributed by atoms with Crippen molar-refractivity contribution in [2.75, 3.05) is 12.1 Å². The lowest BCUT2D eigenvalue weighted by Gasteiger charge is -2.27. The lowest BCUT2D eigenvalue weighted by Crippen LogP contribution is -2.31. The van der Waals surface area contributed by atoms with Crippen LogP contribution in [-0.2, 0) is 6.54 Å². The third-order valence-electron chi connectivity index (χ3n) is 5.00. The maximum atomic E-state index is 13.3. The second-order valence-corrected chi connectivity index (χ2v) is 6.76. The van der Waals surface area contributed by atoms with Gasteiger partial charge in [0, 0.05) is 23.4 Å². The molecule has 5 nitrogen and oxygen atoms in total. The molecule has 0 aliphatic carbocycles. The van der Waals surface area contributed by atoms with Crippen LogP contribution in [0.3, 0.4) is 0 Å². The van der Waals surface area contributed by atoms with Crippen LogP contribution >= 0.6 is 0 Å². The number of ether oxygens (including phenoxy) is 2. The van der Waals surface area contributed by atoms with Crippen LogP contribution < -0.4 is 14.8 Å². The molecule has 1 amide bonds. The number of nitrogens with one attached hydrogen (secondary N) is 1. The van der Waals surface area contributed by atoms with E-state index in [9.17, 15) is 9.18 Å². The van der Waals surface area contributed by atoms with Crippen molar-refractivity contribution in [1.29, 1.82) is 0 Å². The molecule has 0 saturated carbocycles. The summed E-state index contributed by atoms with van der Waals surface area (Å²) in [6.07, 6.45) is -0.348. The summed E-state index contributed by atoms with van der Waals surface area (Å²) in [5.74, 6) is 1.05. The highest BCUT2D eigenvalue weighted by atomic mass is 19.1. The number of fused-ring (bicyclic) bond motifs is 2. The zero-order chi connectivity index (χ0) is 19.1. The van der Waals surface area contributed by atoms with Crippen LogP contribution in [0, 0.1) is 5.82 Å². The number of benzene rings is 3. The van der Waals surface area contributed by atoms with Gasteiger partial charge in [0.15, 0.2) is 11.5 Å². The van der Waals surface area contributed by atoms with Gasteiger partial charge in [0.1, 0.15) is 12.0 Å². The molecule has 3 aromatic rings. The van der Waals surface area contributed by atoms with E-state index in [4.69, 9.17) is 9.47 Å². The van der Waals surface area contributed by atoms with E-state index in [1.54, 1.807) is 17.0 Å². The molecule has 2 aliphatic rings. The monoisotopic (exact) mass is 376 g/mol. The maximum Gasteiger partial charge on any atom is 0.256 e. The number of carbonyl (C=O) groups is 1. The fraction of sp³-hybridized carbons (Fsp3) is 0.136. The molecular weight excluding hydrogens is 359 g/mol. The van der Waals surface area contributed by atoms with Crippen LogP contribution in [0.4, 0.5) is 10.1 Å². The summed E-state index contributed by atoms with van der Waals surface area (Å²) in [5.41, 5.74) is 3.25. The van der Waals surface area contributed by atoms with Crippen molar-refractivity contribution in [2.24, 2.45) is 0 Å². The van der Waals surface area contributed by atoms with Crippen molar-refractivity contribution in [3.05, 3.63) is 89.2 Å². The van der Waals surface area contributed by atoms with Gasteiger partial charge in [-0.2, -0.15) is 0 Å². The smallest absolute Gasteiger partial charge is 0.256 e. The number of amides is 1. The van der Waals surface area contributed by atoms with Gasteiger partial charge in [0.2, 0.25) is 6.79 Å². The molecule has 1 unspecified atom stereocenters. The lowest BCUT2D eigenvalue weighted by atomic mass is 10.1. The van der Waals surface area contributed by atoms with E-state index in [1.165, 1.54) is 12.1 Å². The van der Waals surface area contributed by atoms with Crippen LogP contribution in [0.1, 0.15) is 27.7 Å². The van der Waals surface area contributed by atoms with Crippen molar-refractivity contribution < 1.29 is 18.7 Å². The van der Waals surface area contributed by atoms with Gasteiger partial charge in [-0.3, -0.25) is 4.79 Å². The van der Waals surface area contributed by atoms with Crippen molar-refractivity contribution >= 4 is 11.6 Å². The number of halogens is 1. The van der Waals surface area contributed by atoms with Crippen LogP contribution in [0.2, 0.25) is 0 Å². The SMILES string of the molecule is O=C1c2ccccc2C(Nc2ccc(F)cc2)N1Cc1ccc2c(c1)OCO2. The molecule has 6 heteroatoms. The standard InChI is InChI=1S/C22H17FN2O3/c23-15-6-8-16(9-7-15)24-21-17-3-1-2-4-18(17)22(26)25(21)12-14-5-10-19-20(11-14)28-13-27-19/h1-11,21,24H,12-13H2. The minimum atomic E-state index is -0.348. The van der Waals surface area contributed by atoms with E-state index in [-0.39, 0.29) is 24.7 Å². The Morgan fingerprint density at radius 1 is 1.00 bits per heavy atom. The fourth-order valence-electron chi connectivity index (χ4n) is 3.63. The number of nitrogens with zero attached hydrogens (tertiary/aromatic N) is 1. The molecule has 1 atom stereocenters. The first-order valence-corrected chi connectivity index (χ1v) is 8.99. The van der Waals surface area contributed by atoms with E-state index < -0.39 is 0 Å². The van der Waals surface area contributed by atoms with E-state index in [0.29, 0.717) is 23.6 Å². The van der Waals surface area contributed by atoms with Crippen molar-refractivity contribution in [1.82, 2.24) is 4.90 Å². The van der Waals surface area contributed by atoms with Gasteiger partial charge in [0.05, 0.1) is 0 Å². The Bertz CT molecular complexity index is 1050. The topological polar surface area (TPSA) is 50.8 Å². The summed E-state index contributed by atoms with van der Waals surface area (Å²) in [5, 5.41) is 3.36. The van der Waals surface area contributed by atoms with Crippen LogP contribution in [0.5, 0.6) is 11.5 Å². The van der Waals surface area contributed by atoms with Gasteiger partial charge in [-0.25, -0.2) is 4.39 Å². The Balaban J connectivity index is 1.47. The largest absolute Gasteiger partial charge is 0.454 e. The number of rotatable bonds is 4. The Morgan fingerprint density at radius 3 is 2.64 bits per heavy atom. The number of hydrogen-bond acceptors (Lipinski definition) is 4. The van der Waals surface area contributed by atoms with Gasteiger partial charge in [-0.15, -0.1) is 0 Å². The Kier molecular flexibility index (Phi) is 3.90. The van der Waals surface area contributed by atoms with Crippen molar-refractivity contribution in [3.8, 4) is 11.5 Å². The molecule has 2 aliphatic heterocycles. The molecule has 2 heterocycles. The average Bonchev–Trinajstić information content (AvgIpc) is 3.28. The third kappa shape index (κ3) is 2.83. The van der Waals surface area contributed by atoms with Gasteiger partial charge in [-0.05, 0) is 48.0 Å². The predicted molar refractivity (Wildman–Crippen MR) is 102 cm³/mol. The lowest BCUT2D eigenvalue weighted by molar-refractivity contribution is 0.0728. The zero-order valence-corrected chi connectivity index (χ0v) is 14.9. The highest BCUT2D eigenvalue weighted by Gasteiger charge is 2.36. The van der Waals surface area contributed by atoms with Gasteiger partial charge in [-0.1, -0.05) is 24.3 Å². The summed E-state index contributed by atoms with van der Waals surface area (Å²) in [6, 6.07) is 19.3. The molecule has 0 bridgehead atoms. The molecule has 0 saturated heterocycles. The molecule has 3 aromatic carbocycles. The Labute approximate surface area is 161 Å². The second kappa shape index (κ2) is 6.56. The molecule has 1 N–H and O–H groups in total. The number of carbonyl (C=O) groups excluding carboxylic acids is 1. The third-order valence-corrected chi connectivity index (χ3v) is 5.00. The summed E-state index contributed by atoms with van der Waals surface area (Å²) in [6.45, 7) is 0.616. The average molecular weight is 376 g/mol. The van der Waals surface area contributed by atoms with Crippen molar-refractivity contribution in [2.45, 2.75) is 12.7 Å². The number of hydrogen-bond donors (Lipinski definition) is 1. The van der Waals surface area contributed by atoms with E-state index in [1.807, 2.05) is 42.5 Å². The van der Waals surface area contributed by atoms with Crippen LogP contribution in [-0.4, -0.2) is 17.6 Å². The van der Waals surface area contributed by atoms with Crippen LogP contribution in [0.25, 0.3) is 0 Å². The molecule has 0 fully saturated rings. The summed E-state index contributed by atoms with van der Waals surface area (Å²) in [7, 11) is 0. The van der Waals surface area contributed by atoms with E-state index in [2.05, 4.69) is 5.32 Å². The van der Waals surface area contributed by atoms with Crippen LogP contribution in [0.15, 0.2) is 66.7 Å². The van der Waals surface area contributed by atoms with E-state index >= 15 is 0 Å².